The van der Waals surface area contributed by atoms with Crippen LogP contribution >= 0.6 is 24.0 Å². The summed E-state index contributed by atoms with van der Waals surface area (Å²) < 4.78 is -0.738. The minimum Gasteiger partial charge on any atom is -0.480 e. The number of carbonyl (C=O) groups is 3. The summed E-state index contributed by atoms with van der Waals surface area (Å²) in [5, 5.41) is 12.1. The number of fused-ring (bicyclic) bond motifs is 1. The number of nitrogens with zero attached hydrogens (tertiary/aromatic N) is 1. The second kappa shape index (κ2) is 8.01. The van der Waals surface area contributed by atoms with Crippen LogP contribution in [0, 0.1) is 0 Å². The van der Waals surface area contributed by atoms with Gasteiger partial charge in [-0.1, -0.05) is 66.8 Å². The molecule has 2 aromatic carbocycles. The van der Waals surface area contributed by atoms with E-state index in [-0.39, 0.29) is 5.78 Å². The standard InChI is InChI=1S/C24H24N2O4S2/c1-14(27)24(21(30)26-18(20(28)29)23(2,3)32-22(24)26)25-19(31)17-12-8-7-11-16(17)13-15-9-5-4-6-10-15/h4-12,18,22H,13H2,1-3H3,(H,25,31)(H,28,29)/t18-,22+,24-/m0/s1. The molecule has 0 bridgehead atoms. The van der Waals surface area contributed by atoms with E-state index in [4.69, 9.17) is 12.2 Å². The Hall–Kier alpha value is -2.71. The maximum Gasteiger partial charge on any atom is 0.327 e. The van der Waals surface area contributed by atoms with Gasteiger partial charge in [0.05, 0.1) is 0 Å². The van der Waals surface area contributed by atoms with Gasteiger partial charge >= 0.3 is 5.97 Å². The third-order valence-electron chi connectivity index (χ3n) is 6.15. The minimum atomic E-state index is -1.57. The third kappa shape index (κ3) is 3.42. The van der Waals surface area contributed by atoms with E-state index in [1.54, 1.807) is 13.8 Å². The molecular formula is C24H24N2O4S2. The SMILES string of the molecule is CC(=O)[C@]1(NC(=S)c2ccccc2Cc2ccccc2)C(=O)N2[C@@H](C(=O)O)C(C)(C)S[C@@H]21. The lowest BCUT2D eigenvalue weighted by Crippen LogP contribution is -2.82. The summed E-state index contributed by atoms with van der Waals surface area (Å²) in [4.78, 5) is 39.5. The summed E-state index contributed by atoms with van der Waals surface area (Å²) in [5.74, 6) is -1.99. The van der Waals surface area contributed by atoms with E-state index in [0.717, 1.165) is 16.7 Å². The quantitative estimate of drug-likeness (QED) is 0.383. The number of hydrogen-bond donors (Lipinski definition) is 2. The second-order valence-corrected chi connectivity index (χ2v) is 10.8. The summed E-state index contributed by atoms with van der Waals surface area (Å²) in [7, 11) is 0. The van der Waals surface area contributed by atoms with Crippen LogP contribution < -0.4 is 5.32 Å². The maximum atomic E-state index is 13.3. The van der Waals surface area contributed by atoms with Crippen molar-refractivity contribution in [3.8, 4) is 0 Å². The maximum absolute atomic E-state index is 13.3. The zero-order valence-corrected chi connectivity index (χ0v) is 19.6. The predicted molar refractivity (Wildman–Crippen MR) is 128 cm³/mol. The van der Waals surface area contributed by atoms with Crippen LogP contribution in [0.2, 0.25) is 0 Å². The highest BCUT2D eigenvalue weighted by atomic mass is 32.2. The lowest BCUT2D eigenvalue weighted by atomic mass is 9.81. The number of thiocarbonyl (C=S) groups is 1. The Morgan fingerprint density at radius 2 is 1.75 bits per heavy atom. The molecule has 0 spiro atoms. The first-order valence-electron chi connectivity index (χ1n) is 10.3. The van der Waals surface area contributed by atoms with Crippen molar-refractivity contribution in [2.24, 2.45) is 0 Å². The summed E-state index contributed by atoms with van der Waals surface area (Å²) in [6.45, 7) is 4.91. The fraction of sp³-hybridized carbons (Fsp3) is 0.333. The fourth-order valence-electron chi connectivity index (χ4n) is 4.55. The average molecular weight is 469 g/mol. The van der Waals surface area contributed by atoms with Gasteiger partial charge in [0.2, 0.25) is 5.54 Å². The zero-order chi connectivity index (χ0) is 23.3. The van der Waals surface area contributed by atoms with Gasteiger partial charge in [0.15, 0.2) is 5.78 Å². The molecule has 2 fully saturated rings. The van der Waals surface area contributed by atoms with Gasteiger partial charge in [-0.05, 0) is 38.3 Å². The highest BCUT2D eigenvalue weighted by Crippen LogP contribution is 2.55. The molecule has 4 rings (SSSR count). The van der Waals surface area contributed by atoms with Crippen LogP contribution in [0.3, 0.4) is 0 Å². The first-order chi connectivity index (χ1) is 15.1. The summed E-state index contributed by atoms with van der Waals surface area (Å²) in [5.41, 5.74) is 1.27. The number of amides is 1. The Bertz CT molecular complexity index is 1120. The van der Waals surface area contributed by atoms with Crippen molar-refractivity contribution in [3.63, 3.8) is 0 Å². The number of Topliss-reactive ketones (excluding diaryl/α,β-unsaturated/α-hetero) is 1. The van der Waals surface area contributed by atoms with Crippen LogP contribution in [0.15, 0.2) is 54.6 Å². The second-order valence-electron chi connectivity index (χ2n) is 8.66. The number of ketones is 1. The average Bonchev–Trinajstić information content (AvgIpc) is 3.01. The van der Waals surface area contributed by atoms with E-state index in [9.17, 15) is 19.5 Å². The Balaban J connectivity index is 1.65. The smallest absolute Gasteiger partial charge is 0.327 e. The molecule has 2 aliphatic rings. The van der Waals surface area contributed by atoms with Crippen LogP contribution in [0.25, 0.3) is 0 Å². The first kappa shape index (κ1) is 22.5. The number of thioether (sulfide) groups is 1. The number of aliphatic carboxylic acids is 1. The Morgan fingerprint density at radius 1 is 1.12 bits per heavy atom. The highest BCUT2D eigenvalue weighted by Gasteiger charge is 2.74. The van der Waals surface area contributed by atoms with E-state index in [1.807, 2.05) is 54.6 Å². The van der Waals surface area contributed by atoms with Crippen molar-refractivity contribution in [3.05, 3.63) is 71.3 Å². The summed E-state index contributed by atoms with van der Waals surface area (Å²) in [6.07, 6.45) is 0.651. The first-order valence-corrected chi connectivity index (χ1v) is 11.6. The molecule has 0 aromatic heterocycles. The van der Waals surface area contributed by atoms with Crippen LogP contribution in [-0.2, 0) is 20.8 Å². The Morgan fingerprint density at radius 3 is 2.38 bits per heavy atom. The molecule has 32 heavy (non-hydrogen) atoms. The van der Waals surface area contributed by atoms with Gasteiger partial charge in [-0.15, -0.1) is 11.8 Å². The number of hydrogen-bond acceptors (Lipinski definition) is 5. The van der Waals surface area contributed by atoms with Crippen molar-refractivity contribution < 1.29 is 19.5 Å². The molecular weight excluding hydrogens is 444 g/mol. The molecule has 2 saturated heterocycles. The number of carboxylic acids is 1. The van der Waals surface area contributed by atoms with Gasteiger partial charge in [0, 0.05) is 10.3 Å². The van der Waals surface area contributed by atoms with Gasteiger partial charge in [-0.3, -0.25) is 9.59 Å². The van der Waals surface area contributed by atoms with Gasteiger partial charge in [0.25, 0.3) is 5.91 Å². The molecule has 0 saturated carbocycles. The van der Waals surface area contributed by atoms with Crippen LogP contribution in [0.1, 0.15) is 37.5 Å². The predicted octanol–water partition coefficient (Wildman–Crippen LogP) is 3.02. The van der Waals surface area contributed by atoms with E-state index >= 15 is 0 Å². The van der Waals surface area contributed by atoms with Crippen LogP contribution in [-0.4, -0.2) is 54.4 Å². The van der Waals surface area contributed by atoms with Crippen molar-refractivity contribution in [2.75, 3.05) is 0 Å². The van der Waals surface area contributed by atoms with E-state index < -0.39 is 33.6 Å². The van der Waals surface area contributed by atoms with Gasteiger partial charge in [-0.2, -0.15) is 0 Å². The summed E-state index contributed by atoms with van der Waals surface area (Å²) >= 11 is 7.00. The van der Waals surface area contributed by atoms with Gasteiger partial charge < -0.3 is 15.3 Å². The third-order valence-corrected chi connectivity index (χ3v) is 8.10. The number of benzene rings is 2. The van der Waals surface area contributed by atoms with Crippen molar-refractivity contribution in [1.82, 2.24) is 10.2 Å². The molecule has 3 atom stereocenters. The number of rotatable bonds is 6. The molecule has 8 heteroatoms. The largest absolute Gasteiger partial charge is 0.480 e. The lowest BCUT2D eigenvalue weighted by molar-refractivity contribution is -0.169. The topological polar surface area (TPSA) is 86.7 Å². The molecule has 0 unspecified atom stereocenters. The molecule has 2 aromatic rings. The van der Waals surface area contributed by atoms with Crippen molar-refractivity contribution in [1.29, 1.82) is 0 Å². The summed E-state index contributed by atoms with van der Waals surface area (Å²) in [6, 6.07) is 16.6. The van der Waals surface area contributed by atoms with E-state index in [2.05, 4.69) is 5.32 Å². The normalized spacial score (nSPS) is 25.6. The molecule has 0 radical (unpaired) electrons. The number of carboxylic acid groups (broad SMARTS) is 1. The molecule has 166 valence electrons. The minimum absolute atomic E-state index is 0.303. The lowest BCUT2D eigenvalue weighted by Gasteiger charge is -2.52. The van der Waals surface area contributed by atoms with E-state index in [1.165, 1.54) is 23.6 Å². The number of carbonyl (C=O) groups excluding carboxylic acids is 2. The molecule has 2 heterocycles. The molecule has 1 amide bonds. The monoisotopic (exact) mass is 468 g/mol. The molecule has 2 N–H and O–H groups in total. The zero-order valence-electron chi connectivity index (χ0n) is 18.0. The molecule has 6 nitrogen and oxygen atoms in total. The van der Waals surface area contributed by atoms with Crippen molar-refractivity contribution >= 4 is 46.6 Å². The Labute approximate surface area is 196 Å². The van der Waals surface area contributed by atoms with Crippen LogP contribution in [0.4, 0.5) is 0 Å². The number of nitrogens with one attached hydrogen (secondary N) is 1. The molecule has 2 aliphatic heterocycles. The van der Waals surface area contributed by atoms with Crippen LogP contribution in [0.5, 0.6) is 0 Å². The van der Waals surface area contributed by atoms with Gasteiger partial charge in [-0.25, -0.2) is 4.79 Å². The van der Waals surface area contributed by atoms with Crippen molar-refractivity contribution in [2.45, 2.75) is 48.9 Å². The highest BCUT2D eigenvalue weighted by molar-refractivity contribution is 8.01. The van der Waals surface area contributed by atoms with Gasteiger partial charge in [0.1, 0.15) is 16.4 Å². The fourth-order valence-corrected chi connectivity index (χ4v) is 6.66. The van der Waals surface area contributed by atoms with E-state index in [0.29, 0.717) is 11.4 Å². The molecule has 0 aliphatic carbocycles. The number of β-lactam (4-membered cyclic amide) rings is 1. The Kier molecular flexibility index (Phi) is 5.63.